The van der Waals surface area contributed by atoms with Crippen molar-refractivity contribution in [2.45, 2.75) is 12.1 Å². The lowest BCUT2D eigenvalue weighted by molar-refractivity contribution is -0.121. The molecule has 1 aliphatic heterocycles. The van der Waals surface area contributed by atoms with Crippen molar-refractivity contribution >= 4 is 26.7 Å². The molecule has 1 heterocycles. The van der Waals surface area contributed by atoms with Crippen LogP contribution in [0.5, 0.6) is 5.75 Å². The van der Waals surface area contributed by atoms with E-state index in [2.05, 4.69) is 9.24 Å². The van der Waals surface area contributed by atoms with Crippen LogP contribution in [0.3, 0.4) is 0 Å². The Kier molecular flexibility index (Phi) is 2.45. The third-order valence-corrected chi connectivity index (χ3v) is 2.81. The second kappa shape index (κ2) is 3.63. The Bertz CT molecular complexity index is 415. The van der Waals surface area contributed by atoms with E-state index in [-0.39, 0.29) is 29.6 Å². The first-order valence-corrected chi connectivity index (χ1v) is 5.17. The Labute approximate surface area is 89.1 Å². The molecule has 2 unspecified atom stereocenters. The average Bonchev–Trinajstić information content (AvgIpc) is 2.44. The SMILES string of the molecule is O=C1CC(P)C(=O)N1c1ccc(O)cc1. The summed E-state index contributed by atoms with van der Waals surface area (Å²) in [5.74, 6) is -0.304. The van der Waals surface area contributed by atoms with E-state index in [0.29, 0.717) is 5.69 Å². The maximum atomic E-state index is 11.6. The zero-order valence-corrected chi connectivity index (χ0v) is 9.04. The molecule has 0 aromatic heterocycles. The van der Waals surface area contributed by atoms with E-state index >= 15 is 0 Å². The van der Waals surface area contributed by atoms with Gasteiger partial charge in [0.2, 0.25) is 11.8 Å². The van der Waals surface area contributed by atoms with Crippen LogP contribution in [0.15, 0.2) is 24.3 Å². The van der Waals surface area contributed by atoms with Crippen LogP contribution in [0.4, 0.5) is 5.69 Å². The summed E-state index contributed by atoms with van der Waals surface area (Å²) in [4.78, 5) is 24.3. The van der Waals surface area contributed by atoms with Gasteiger partial charge in [0.1, 0.15) is 5.75 Å². The number of aromatic hydroxyl groups is 1. The first kappa shape index (κ1) is 10.1. The summed E-state index contributed by atoms with van der Waals surface area (Å²) < 4.78 is 0. The van der Waals surface area contributed by atoms with E-state index in [1.807, 2.05) is 0 Å². The van der Waals surface area contributed by atoms with Crippen molar-refractivity contribution in [3.8, 4) is 5.75 Å². The van der Waals surface area contributed by atoms with Crippen LogP contribution in [0.2, 0.25) is 0 Å². The lowest BCUT2D eigenvalue weighted by Crippen LogP contribution is -2.30. The summed E-state index contributed by atoms with van der Waals surface area (Å²) in [6.45, 7) is 0. The third-order valence-electron chi connectivity index (χ3n) is 2.29. The number of carbonyl (C=O) groups excluding carboxylic acids is 2. The highest BCUT2D eigenvalue weighted by Crippen LogP contribution is 2.27. The number of imide groups is 1. The van der Waals surface area contributed by atoms with Crippen molar-refractivity contribution in [3.63, 3.8) is 0 Å². The molecule has 1 fully saturated rings. The van der Waals surface area contributed by atoms with E-state index in [4.69, 9.17) is 5.11 Å². The number of amides is 2. The molecule has 2 atom stereocenters. The number of nitrogens with zero attached hydrogens (tertiary/aromatic N) is 1. The van der Waals surface area contributed by atoms with Crippen molar-refractivity contribution < 1.29 is 14.7 Å². The van der Waals surface area contributed by atoms with Gasteiger partial charge in [-0.1, -0.05) is 0 Å². The third kappa shape index (κ3) is 1.73. The van der Waals surface area contributed by atoms with Crippen molar-refractivity contribution in [2.24, 2.45) is 0 Å². The number of carbonyl (C=O) groups is 2. The molecule has 4 nitrogen and oxygen atoms in total. The van der Waals surface area contributed by atoms with Crippen LogP contribution in [0.25, 0.3) is 0 Å². The first-order valence-electron chi connectivity index (χ1n) is 4.51. The fourth-order valence-electron chi connectivity index (χ4n) is 1.53. The molecule has 1 aromatic carbocycles. The van der Waals surface area contributed by atoms with Crippen LogP contribution >= 0.6 is 9.24 Å². The molecular weight excluding hydrogens is 213 g/mol. The lowest BCUT2D eigenvalue weighted by atomic mass is 10.3. The molecule has 2 amide bonds. The molecule has 2 rings (SSSR count). The molecule has 0 bridgehead atoms. The van der Waals surface area contributed by atoms with Crippen molar-refractivity contribution in [1.82, 2.24) is 0 Å². The Morgan fingerprint density at radius 1 is 1.27 bits per heavy atom. The Morgan fingerprint density at radius 3 is 2.33 bits per heavy atom. The van der Waals surface area contributed by atoms with Gasteiger partial charge in [-0.05, 0) is 24.3 Å². The fraction of sp³-hybridized carbons (Fsp3) is 0.200. The number of phenols is 1. The normalized spacial score (nSPS) is 21.1. The Morgan fingerprint density at radius 2 is 1.87 bits per heavy atom. The Balaban J connectivity index is 2.35. The van der Waals surface area contributed by atoms with E-state index < -0.39 is 0 Å². The zero-order chi connectivity index (χ0) is 11.0. The highest BCUT2D eigenvalue weighted by Gasteiger charge is 2.36. The quantitative estimate of drug-likeness (QED) is 0.568. The van der Waals surface area contributed by atoms with Gasteiger partial charge in [0, 0.05) is 6.42 Å². The molecule has 1 saturated heterocycles. The highest BCUT2D eigenvalue weighted by molar-refractivity contribution is 7.20. The predicted octanol–water partition coefficient (Wildman–Crippen LogP) is 0.899. The van der Waals surface area contributed by atoms with E-state index in [9.17, 15) is 9.59 Å². The maximum absolute atomic E-state index is 11.6. The van der Waals surface area contributed by atoms with Gasteiger partial charge in [0.15, 0.2) is 0 Å². The van der Waals surface area contributed by atoms with Gasteiger partial charge in [-0.25, -0.2) is 0 Å². The predicted molar refractivity (Wildman–Crippen MR) is 58.7 cm³/mol. The number of rotatable bonds is 1. The average molecular weight is 223 g/mol. The topological polar surface area (TPSA) is 57.6 Å². The van der Waals surface area contributed by atoms with Crippen LogP contribution in [-0.4, -0.2) is 22.6 Å². The van der Waals surface area contributed by atoms with E-state index in [1.165, 1.54) is 12.1 Å². The molecule has 0 radical (unpaired) electrons. The summed E-state index contributed by atoms with van der Waals surface area (Å²) in [7, 11) is 2.36. The minimum absolute atomic E-state index is 0.111. The second-order valence-corrected chi connectivity index (χ2v) is 4.20. The minimum Gasteiger partial charge on any atom is -0.508 e. The largest absolute Gasteiger partial charge is 0.508 e. The molecule has 1 N–H and O–H groups in total. The molecule has 15 heavy (non-hydrogen) atoms. The van der Waals surface area contributed by atoms with Gasteiger partial charge in [0.05, 0.1) is 11.3 Å². The van der Waals surface area contributed by atoms with Crippen LogP contribution in [0.1, 0.15) is 6.42 Å². The summed E-state index contributed by atoms with van der Waals surface area (Å²) in [6, 6.07) is 6.00. The van der Waals surface area contributed by atoms with Gasteiger partial charge < -0.3 is 5.11 Å². The molecule has 0 aliphatic carbocycles. The molecule has 5 heteroatoms. The van der Waals surface area contributed by atoms with Gasteiger partial charge >= 0.3 is 0 Å². The van der Waals surface area contributed by atoms with Crippen LogP contribution < -0.4 is 4.90 Å². The van der Waals surface area contributed by atoms with Crippen LogP contribution in [0, 0.1) is 0 Å². The lowest BCUT2D eigenvalue weighted by Gasteiger charge is -2.13. The van der Waals surface area contributed by atoms with E-state index in [0.717, 1.165) is 4.90 Å². The molecule has 78 valence electrons. The monoisotopic (exact) mass is 223 g/mol. The maximum Gasteiger partial charge on any atom is 0.241 e. The van der Waals surface area contributed by atoms with Crippen molar-refractivity contribution in [3.05, 3.63) is 24.3 Å². The number of benzene rings is 1. The summed E-state index contributed by atoms with van der Waals surface area (Å²) >= 11 is 0. The molecular formula is C10H10NO3P. The number of hydrogen-bond donors (Lipinski definition) is 1. The van der Waals surface area contributed by atoms with Crippen molar-refractivity contribution in [1.29, 1.82) is 0 Å². The number of anilines is 1. The second-order valence-electron chi connectivity index (χ2n) is 3.39. The zero-order valence-electron chi connectivity index (χ0n) is 7.88. The van der Waals surface area contributed by atoms with Gasteiger partial charge in [0.25, 0.3) is 0 Å². The molecule has 1 aliphatic rings. The van der Waals surface area contributed by atoms with Gasteiger partial charge in [-0.15, -0.1) is 9.24 Å². The molecule has 1 aromatic rings. The molecule has 0 saturated carbocycles. The minimum atomic E-state index is -0.327. The molecule has 0 spiro atoms. The smallest absolute Gasteiger partial charge is 0.241 e. The van der Waals surface area contributed by atoms with Crippen molar-refractivity contribution in [2.75, 3.05) is 4.90 Å². The van der Waals surface area contributed by atoms with Gasteiger partial charge in [-0.2, -0.15) is 0 Å². The Hall–Kier alpha value is -1.41. The summed E-state index contributed by atoms with van der Waals surface area (Å²) in [5, 5.41) is 9.09. The summed E-state index contributed by atoms with van der Waals surface area (Å²) in [6.07, 6.45) is 0.227. The van der Waals surface area contributed by atoms with E-state index in [1.54, 1.807) is 12.1 Å². The fourth-order valence-corrected chi connectivity index (χ4v) is 1.88. The standard InChI is InChI=1S/C10H10NO3P/c12-7-3-1-6(2-4-7)11-9(13)5-8(15)10(11)14/h1-4,8,12H,5,15H2. The first-order chi connectivity index (χ1) is 7.09. The number of hydrogen-bond acceptors (Lipinski definition) is 3. The highest BCUT2D eigenvalue weighted by atomic mass is 31.0. The summed E-state index contributed by atoms with van der Waals surface area (Å²) in [5.41, 5.74) is 0.180. The van der Waals surface area contributed by atoms with Crippen LogP contribution in [-0.2, 0) is 9.59 Å². The van der Waals surface area contributed by atoms with Gasteiger partial charge in [-0.3, -0.25) is 14.5 Å². The number of phenolic OH excluding ortho intramolecular Hbond substituents is 1.